The van der Waals surface area contributed by atoms with Crippen LogP contribution in [0.2, 0.25) is 0 Å². The Morgan fingerprint density at radius 3 is 2.83 bits per heavy atom. The average Bonchev–Trinajstić information content (AvgIpc) is 2.94. The van der Waals surface area contributed by atoms with Crippen LogP contribution in [0.5, 0.6) is 0 Å². The molecular weight excluding hydrogens is 346 g/mol. The molecule has 0 bridgehead atoms. The molecule has 18 heavy (non-hydrogen) atoms. The molecule has 0 saturated heterocycles. The predicted molar refractivity (Wildman–Crippen MR) is 76.4 cm³/mol. The molecule has 3 rings (SSSR count). The van der Waals surface area contributed by atoms with Crippen molar-refractivity contribution < 1.29 is 9.18 Å². The normalized spacial score (nSPS) is 15.9. The van der Waals surface area contributed by atoms with Crippen molar-refractivity contribution >= 4 is 45.8 Å². The van der Waals surface area contributed by atoms with Crippen LogP contribution in [0.15, 0.2) is 30.5 Å². The summed E-state index contributed by atoms with van der Waals surface area (Å²) in [5.74, 6) is -0.522. The van der Waals surface area contributed by atoms with Crippen molar-refractivity contribution in [3.63, 3.8) is 0 Å². The third-order valence-electron chi connectivity index (χ3n) is 2.78. The van der Waals surface area contributed by atoms with E-state index in [9.17, 15) is 9.18 Å². The molecule has 3 nitrogen and oxygen atoms in total. The molecule has 2 heterocycles. The van der Waals surface area contributed by atoms with Crippen LogP contribution in [0.1, 0.15) is 11.3 Å². The van der Waals surface area contributed by atoms with Gasteiger partial charge in [0.05, 0.1) is 14.8 Å². The number of nitrogens with one attached hydrogen (secondary N) is 2. The van der Waals surface area contributed by atoms with E-state index in [1.807, 2.05) is 34.7 Å². The smallest absolute Gasteiger partial charge is 0.256 e. The molecule has 0 atom stereocenters. The van der Waals surface area contributed by atoms with Gasteiger partial charge in [0.1, 0.15) is 5.82 Å². The van der Waals surface area contributed by atoms with E-state index in [1.165, 1.54) is 6.07 Å². The van der Waals surface area contributed by atoms with E-state index in [-0.39, 0.29) is 11.7 Å². The largest absolute Gasteiger partial charge is 0.362 e. The lowest BCUT2D eigenvalue weighted by atomic mass is 10.1. The number of hydrogen-bond acceptors (Lipinski definition) is 1. The number of rotatable bonds is 1. The van der Waals surface area contributed by atoms with Crippen LogP contribution in [0.25, 0.3) is 11.6 Å². The first kappa shape index (κ1) is 11.5. The molecule has 2 aromatic rings. The van der Waals surface area contributed by atoms with Gasteiger partial charge in [0.2, 0.25) is 0 Å². The lowest BCUT2D eigenvalue weighted by Gasteiger charge is -2.02. The van der Waals surface area contributed by atoms with Crippen LogP contribution < -0.4 is 5.32 Å². The SMILES string of the molecule is O=C1Nc2ccc(F)c(I)c2C1=Cc1ccc[nH]1. The number of H-pyrrole nitrogens is 1. The lowest BCUT2D eigenvalue weighted by Crippen LogP contribution is -2.03. The summed E-state index contributed by atoms with van der Waals surface area (Å²) in [7, 11) is 0. The first-order valence-electron chi connectivity index (χ1n) is 5.31. The van der Waals surface area contributed by atoms with E-state index in [2.05, 4.69) is 10.3 Å². The molecule has 0 fully saturated rings. The van der Waals surface area contributed by atoms with Gasteiger partial charge in [-0.05, 0) is 52.9 Å². The molecule has 1 aliphatic heterocycles. The Morgan fingerprint density at radius 2 is 2.11 bits per heavy atom. The second kappa shape index (κ2) is 4.24. The van der Waals surface area contributed by atoms with Gasteiger partial charge in [-0.1, -0.05) is 0 Å². The second-order valence-corrected chi connectivity index (χ2v) is 5.00. The first-order valence-corrected chi connectivity index (χ1v) is 6.39. The standard InChI is InChI=1S/C13H8FIN2O/c14-9-3-4-10-11(12(9)15)8(13(18)17-10)6-7-2-1-5-16-7/h1-6,16H,(H,17,18). The number of amides is 1. The topological polar surface area (TPSA) is 44.9 Å². The minimum atomic E-state index is -0.316. The fourth-order valence-corrected chi connectivity index (χ4v) is 2.71. The predicted octanol–water partition coefficient (Wildman–Crippen LogP) is 3.25. The number of benzene rings is 1. The third-order valence-corrected chi connectivity index (χ3v) is 3.83. The van der Waals surface area contributed by atoms with E-state index < -0.39 is 0 Å². The van der Waals surface area contributed by atoms with Crippen LogP contribution in [-0.2, 0) is 4.79 Å². The molecular formula is C13H8FIN2O. The fourth-order valence-electron chi connectivity index (χ4n) is 1.95. The third kappa shape index (κ3) is 1.74. The molecule has 0 unspecified atom stereocenters. The Morgan fingerprint density at radius 1 is 1.28 bits per heavy atom. The Kier molecular flexibility index (Phi) is 2.70. The van der Waals surface area contributed by atoms with Gasteiger partial charge in [-0.15, -0.1) is 0 Å². The Balaban J connectivity index is 2.20. The average molecular weight is 354 g/mol. The molecule has 0 radical (unpaired) electrons. The number of aromatic amines is 1. The highest BCUT2D eigenvalue weighted by molar-refractivity contribution is 14.1. The molecule has 1 amide bonds. The zero-order chi connectivity index (χ0) is 12.7. The number of halogens is 2. The molecule has 0 saturated carbocycles. The summed E-state index contributed by atoms with van der Waals surface area (Å²) in [6.07, 6.45) is 3.50. The maximum absolute atomic E-state index is 13.6. The van der Waals surface area contributed by atoms with Gasteiger partial charge >= 0.3 is 0 Å². The van der Waals surface area contributed by atoms with Crippen LogP contribution >= 0.6 is 22.6 Å². The van der Waals surface area contributed by atoms with Gasteiger partial charge in [-0.2, -0.15) is 0 Å². The van der Waals surface area contributed by atoms with Crippen LogP contribution in [0, 0.1) is 9.39 Å². The van der Waals surface area contributed by atoms with E-state index in [1.54, 1.807) is 18.3 Å². The molecule has 1 aliphatic rings. The van der Waals surface area contributed by atoms with Crippen molar-refractivity contribution in [2.75, 3.05) is 5.32 Å². The highest BCUT2D eigenvalue weighted by atomic mass is 127. The summed E-state index contributed by atoms with van der Waals surface area (Å²) in [5.41, 5.74) is 2.59. The van der Waals surface area contributed by atoms with E-state index in [0.717, 1.165) is 5.69 Å². The highest BCUT2D eigenvalue weighted by Crippen LogP contribution is 2.37. The van der Waals surface area contributed by atoms with E-state index in [0.29, 0.717) is 20.4 Å². The Labute approximate surface area is 116 Å². The molecule has 5 heteroatoms. The van der Waals surface area contributed by atoms with Crippen LogP contribution in [0.4, 0.5) is 10.1 Å². The monoisotopic (exact) mass is 354 g/mol. The number of aromatic nitrogens is 1. The fraction of sp³-hybridized carbons (Fsp3) is 0. The lowest BCUT2D eigenvalue weighted by molar-refractivity contribution is -0.110. The van der Waals surface area contributed by atoms with Crippen molar-refractivity contribution in [1.29, 1.82) is 0 Å². The minimum absolute atomic E-state index is 0.205. The maximum Gasteiger partial charge on any atom is 0.256 e. The number of hydrogen-bond donors (Lipinski definition) is 2. The molecule has 1 aromatic heterocycles. The number of anilines is 1. The minimum Gasteiger partial charge on any atom is -0.362 e. The van der Waals surface area contributed by atoms with Crippen molar-refractivity contribution in [2.45, 2.75) is 0 Å². The summed E-state index contributed by atoms with van der Waals surface area (Å²) >= 11 is 1.92. The maximum atomic E-state index is 13.6. The van der Waals surface area contributed by atoms with Gasteiger partial charge in [0.15, 0.2) is 0 Å². The first-order chi connectivity index (χ1) is 8.66. The van der Waals surface area contributed by atoms with Crippen molar-refractivity contribution in [3.05, 3.63) is 51.1 Å². The van der Waals surface area contributed by atoms with Gasteiger partial charge < -0.3 is 10.3 Å². The highest BCUT2D eigenvalue weighted by Gasteiger charge is 2.27. The molecule has 90 valence electrons. The Bertz CT molecular complexity index is 662. The van der Waals surface area contributed by atoms with Crippen molar-refractivity contribution in [3.8, 4) is 0 Å². The molecule has 2 N–H and O–H groups in total. The molecule has 1 aromatic carbocycles. The van der Waals surface area contributed by atoms with E-state index >= 15 is 0 Å². The van der Waals surface area contributed by atoms with Gasteiger partial charge in [-0.3, -0.25) is 4.79 Å². The molecule has 0 aliphatic carbocycles. The number of carbonyl (C=O) groups excluding carboxylic acids is 1. The zero-order valence-electron chi connectivity index (χ0n) is 9.13. The summed E-state index contributed by atoms with van der Waals surface area (Å²) < 4.78 is 14.0. The zero-order valence-corrected chi connectivity index (χ0v) is 11.3. The molecule has 0 spiro atoms. The van der Waals surface area contributed by atoms with Gasteiger partial charge in [-0.25, -0.2) is 4.39 Å². The summed E-state index contributed by atoms with van der Waals surface area (Å²) in [5, 5.41) is 2.74. The number of carbonyl (C=O) groups is 1. The van der Waals surface area contributed by atoms with Gasteiger partial charge in [0.25, 0.3) is 5.91 Å². The van der Waals surface area contributed by atoms with Crippen molar-refractivity contribution in [1.82, 2.24) is 4.98 Å². The van der Waals surface area contributed by atoms with E-state index in [4.69, 9.17) is 0 Å². The summed E-state index contributed by atoms with van der Waals surface area (Å²) in [6, 6.07) is 6.64. The van der Waals surface area contributed by atoms with Crippen LogP contribution in [0.3, 0.4) is 0 Å². The number of fused-ring (bicyclic) bond motifs is 1. The summed E-state index contributed by atoms with van der Waals surface area (Å²) in [4.78, 5) is 14.9. The second-order valence-electron chi connectivity index (χ2n) is 3.92. The van der Waals surface area contributed by atoms with Crippen molar-refractivity contribution in [2.24, 2.45) is 0 Å². The van der Waals surface area contributed by atoms with Gasteiger partial charge in [0, 0.05) is 17.5 Å². The quantitative estimate of drug-likeness (QED) is 0.599. The summed E-state index contributed by atoms with van der Waals surface area (Å²) in [6.45, 7) is 0. The van der Waals surface area contributed by atoms with Crippen LogP contribution in [-0.4, -0.2) is 10.9 Å². The Hall–Kier alpha value is -1.63.